The number of nitrogens with zero attached hydrogens (tertiary/aromatic N) is 2. The van der Waals surface area contributed by atoms with E-state index in [-0.39, 0.29) is 19.1 Å². The first-order chi connectivity index (χ1) is 20.6. The molecule has 1 aliphatic heterocycles. The van der Waals surface area contributed by atoms with Crippen LogP contribution in [0.25, 0.3) is 0 Å². The van der Waals surface area contributed by atoms with Gasteiger partial charge >= 0.3 is 5.97 Å². The molecule has 3 unspecified atom stereocenters. The Balaban J connectivity index is 1.53. The molecule has 4 N–H and O–H groups in total. The fraction of sp³-hybridized carbons (Fsp3) is 0.375. The molecule has 11 nitrogen and oxygen atoms in total. The molecule has 0 saturated carbocycles. The molecule has 2 heterocycles. The maximum atomic E-state index is 13.9. The number of anilines is 1. The lowest BCUT2D eigenvalue weighted by Gasteiger charge is -2.28. The average Bonchev–Trinajstić information content (AvgIpc) is 3.67. The molecule has 0 radical (unpaired) electrons. The van der Waals surface area contributed by atoms with Crippen molar-refractivity contribution in [1.29, 1.82) is 0 Å². The van der Waals surface area contributed by atoms with Gasteiger partial charge in [-0.2, -0.15) is 0 Å². The van der Waals surface area contributed by atoms with Gasteiger partial charge in [-0.3, -0.25) is 14.4 Å². The van der Waals surface area contributed by atoms with Crippen molar-refractivity contribution in [3.05, 3.63) is 90.3 Å². The van der Waals surface area contributed by atoms with Crippen molar-refractivity contribution in [3.8, 4) is 0 Å². The third-order valence-electron chi connectivity index (χ3n) is 7.24. The van der Waals surface area contributed by atoms with Crippen molar-refractivity contribution in [2.45, 2.75) is 57.0 Å². The van der Waals surface area contributed by atoms with Crippen LogP contribution in [0.3, 0.4) is 0 Å². The van der Waals surface area contributed by atoms with Crippen LogP contribution in [0.5, 0.6) is 0 Å². The first-order valence-corrected chi connectivity index (χ1v) is 14.2. The second-order valence-corrected chi connectivity index (χ2v) is 11.1. The number of hydrogen-bond acceptors (Lipinski definition) is 7. The van der Waals surface area contributed by atoms with E-state index in [1.807, 2.05) is 60.7 Å². The smallest absolute Gasteiger partial charge is 0.328 e. The highest BCUT2D eigenvalue weighted by Gasteiger charge is 2.39. The number of nitrogens with one attached hydrogen (secondary N) is 2. The molecule has 0 bridgehead atoms. The van der Waals surface area contributed by atoms with Crippen molar-refractivity contribution >= 4 is 29.4 Å². The second kappa shape index (κ2) is 14.1. The third-order valence-corrected chi connectivity index (χ3v) is 7.24. The summed E-state index contributed by atoms with van der Waals surface area (Å²) < 4.78 is 12.4. The molecule has 3 atom stereocenters. The first-order valence-electron chi connectivity index (χ1n) is 14.2. The third kappa shape index (κ3) is 8.08. The minimum atomic E-state index is -1.21. The average molecular weight is 590 g/mol. The van der Waals surface area contributed by atoms with Crippen LogP contribution in [0, 0.1) is 0 Å². The Labute approximate surface area is 251 Å². The van der Waals surface area contributed by atoms with Gasteiger partial charge in [-0.05, 0) is 43.9 Å². The number of ether oxygens (including phenoxy) is 2. The predicted octanol–water partition coefficient (Wildman–Crippen LogP) is 2.62. The summed E-state index contributed by atoms with van der Waals surface area (Å²) in [4.78, 5) is 53.9. The van der Waals surface area contributed by atoms with E-state index in [2.05, 4.69) is 10.6 Å². The highest BCUT2D eigenvalue weighted by atomic mass is 16.5. The van der Waals surface area contributed by atoms with Crippen molar-refractivity contribution in [3.63, 3.8) is 0 Å². The van der Waals surface area contributed by atoms with Crippen LogP contribution < -0.4 is 16.4 Å². The molecule has 3 aromatic rings. The highest BCUT2D eigenvalue weighted by molar-refractivity contribution is 5.98. The fourth-order valence-corrected chi connectivity index (χ4v) is 4.92. The van der Waals surface area contributed by atoms with E-state index in [0.29, 0.717) is 25.1 Å². The number of aromatic nitrogens is 1. The molecule has 2 aromatic carbocycles. The van der Waals surface area contributed by atoms with Crippen LogP contribution in [-0.4, -0.2) is 71.0 Å². The van der Waals surface area contributed by atoms with E-state index in [9.17, 15) is 19.2 Å². The van der Waals surface area contributed by atoms with Gasteiger partial charge in [-0.15, -0.1) is 0 Å². The maximum absolute atomic E-state index is 13.9. The molecule has 43 heavy (non-hydrogen) atoms. The zero-order chi connectivity index (χ0) is 31.0. The van der Waals surface area contributed by atoms with Gasteiger partial charge in [0.25, 0.3) is 5.91 Å². The molecular weight excluding hydrogens is 550 g/mol. The van der Waals surface area contributed by atoms with Crippen molar-refractivity contribution < 1.29 is 28.7 Å². The van der Waals surface area contributed by atoms with Crippen LogP contribution in [0.1, 0.15) is 43.9 Å². The van der Waals surface area contributed by atoms with Gasteiger partial charge in [0, 0.05) is 18.9 Å². The van der Waals surface area contributed by atoms with E-state index < -0.39 is 41.4 Å². The first kappa shape index (κ1) is 31.5. The largest absolute Gasteiger partial charge is 0.467 e. The van der Waals surface area contributed by atoms with Crippen LogP contribution >= 0.6 is 0 Å². The number of carbonyl (C=O) groups is 4. The van der Waals surface area contributed by atoms with Gasteiger partial charge in [0.15, 0.2) is 0 Å². The molecule has 3 amide bonds. The topological polar surface area (TPSA) is 145 Å². The zero-order valence-electron chi connectivity index (χ0n) is 24.7. The van der Waals surface area contributed by atoms with Gasteiger partial charge in [-0.1, -0.05) is 60.7 Å². The SMILES string of the molecule is COC(=O)C1CCCN1C(=O)C(c1ccccc1)n1ccc(NC(=O)C(COCc2ccccc2)NC(=O)C(C)(C)N)c1. The minimum Gasteiger partial charge on any atom is -0.467 e. The summed E-state index contributed by atoms with van der Waals surface area (Å²) in [7, 11) is 1.32. The van der Waals surface area contributed by atoms with Crippen molar-refractivity contribution in [1.82, 2.24) is 14.8 Å². The molecule has 4 rings (SSSR count). The number of likely N-dealkylation sites (tertiary alicyclic amines) is 1. The summed E-state index contributed by atoms with van der Waals surface area (Å²) >= 11 is 0. The Hall–Kier alpha value is -4.48. The maximum Gasteiger partial charge on any atom is 0.328 e. The van der Waals surface area contributed by atoms with E-state index >= 15 is 0 Å². The Morgan fingerprint density at radius 2 is 1.70 bits per heavy atom. The number of hydrogen-bond donors (Lipinski definition) is 3. The monoisotopic (exact) mass is 589 g/mol. The molecular formula is C32H39N5O6. The van der Waals surface area contributed by atoms with Gasteiger partial charge in [0.1, 0.15) is 18.1 Å². The number of carbonyl (C=O) groups excluding carboxylic acids is 4. The van der Waals surface area contributed by atoms with Crippen LogP contribution in [0.2, 0.25) is 0 Å². The Kier molecular flexibility index (Phi) is 10.3. The van der Waals surface area contributed by atoms with Crippen LogP contribution in [0.15, 0.2) is 79.1 Å². The zero-order valence-corrected chi connectivity index (χ0v) is 24.7. The quantitative estimate of drug-likeness (QED) is 0.276. The predicted molar refractivity (Wildman–Crippen MR) is 161 cm³/mol. The molecule has 0 spiro atoms. The summed E-state index contributed by atoms with van der Waals surface area (Å²) in [6, 6.07) is 17.9. The summed E-state index contributed by atoms with van der Waals surface area (Å²) in [5.41, 5.74) is 6.81. The van der Waals surface area contributed by atoms with E-state index in [1.54, 1.807) is 41.8 Å². The molecule has 1 aromatic heterocycles. The van der Waals surface area contributed by atoms with Crippen LogP contribution in [0.4, 0.5) is 5.69 Å². The molecule has 0 aliphatic carbocycles. The van der Waals surface area contributed by atoms with Gasteiger partial charge in [0.2, 0.25) is 11.8 Å². The summed E-state index contributed by atoms with van der Waals surface area (Å²) in [6.07, 6.45) is 4.56. The number of nitrogens with two attached hydrogens (primary N) is 1. The Morgan fingerprint density at radius 3 is 2.35 bits per heavy atom. The van der Waals surface area contributed by atoms with Gasteiger partial charge < -0.3 is 35.3 Å². The number of rotatable bonds is 12. The number of esters is 1. The van der Waals surface area contributed by atoms with Crippen LogP contribution in [-0.2, 0) is 35.3 Å². The van der Waals surface area contributed by atoms with E-state index in [4.69, 9.17) is 15.2 Å². The van der Waals surface area contributed by atoms with Crippen molar-refractivity contribution in [2.75, 3.05) is 25.6 Å². The second-order valence-electron chi connectivity index (χ2n) is 11.1. The molecule has 1 saturated heterocycles. The van der Waals surface area contributed by atoms with Crippen molar-refractivity contribution in [2.24, 2.45) is 5.73 Å². The summed E-state index contributed by atoms with van der Waals surface area (Å²) in [6.45, 7) is 3.71. The lowest BCUT2D eigenvalue weighted by Crippen LogP contribution is -2.56. The van der Waals surface area contributed by atoms with E-state index in [0.717, 1.165) is 11.1 Å². The Morgan fingerprint density at radius 1 is 1.02 bits per heavy atom. The summed E-state index contributed by atoms with van der Waals surface area (Å²) in [5.74, 6) is -1.70. The number of methoxy groups -OCH3 is 1. The molecule has 1 fully saturated rings. The highest BCUT2D eigenvalue weighted by Crippen LogP contribution is 2.28. The number of benzene rings is 2. The molecule has 1 aliphatic rings. The lowest BCUT2D eigenvalue weighted by molar-refractivity contribution is -0.151. The number of amides is 3. The Bertz CT molecular complexity index is 1400. The summed E-state index contributed by atoms with van der Waals surface area (Å²) in [5, 5.41) is 5.51. The van der Waals surface area contributed by atoms with Gasteiger partial charge in [0.05, 0.1) is 31.5 Å². The lowest BCUT2D eigenvalue weighted by atomic mass is 10.0. The normalized spacial score (nSPS) is 16.3. The van der Waals surface area contributed by atoms with Gasteiger partial charge in [-0.25, -0.2) is 4.79 Å². The fourth-order valence-electron chi connectivity index (χ4n) is 4.92. The molecule has 11 heteroatoms. The standard InChI is InChI=1S/C32H39N5O6/c1-32(2,33)31(41)35-25(21-43-20-22-11-6-4-7-12-22)28(38)34-24-16-18-36(19-24)27(23-13-8-5-9-14-23)29(39)37-17-10-15-26(37)30(40)42-3/h4-9,11-14,16,18-19,25-27H,10,15,17,20-21,33H2,1-3H3,(H,34,38)(H,35,41). The van der Waals surface area contributed by atoms with E-state index in [1.165, 1.54) is 7.11 Å². The minimum absolute atomic E-state index is 0.0851. The molecule has 228 valence electrons.